The number of para-hydroxylation sites is 1. The Balaban J connectivity index is 2.36. The molecule has 1 heterocycles. The molecule has 0 radical (unpaired) electrons. The molecule has 1 N–H and O–H groups in total. The van der Waals surface area contributed by atoms with Gasteiger partial charge in [0.2, 0.25) is 5.91 Å². The Bertz CT molecular complexity index is 426. The van der Waals surface area contributed by atoms with Gasteiger partial charge in [-0.25, -0.2) is 0 Å². The summed E-state index contributed by atoms with van der Waals surface area (Å²) >= 11 is 0. The summed E-state index contributed by atoms with van der Waals surface area (Å²) in [6.45, 7) is 0. The lowest BCUT2D eigenvalue weighted by Crippen LogP contribution is -2.22. The number of aryl methyl sites for hydroxylation is 1. The van der Waals surface area contributed by atoms with Crippen LogP contribution in [0.15, 0.2) is 18.2 Å². The van der Waals surface area contributed by atoms with Gasteiger partial charge in [0.25, 0.3) is 0 Å². The van der Waals surface area contributed by atoms with Crippen LogP contribution in [0.5, 0.6) is 0 Å². The summed E-state index contributed by atoms with van der Waals surface area (Å²) in [6.07, 6.45) is -4.41. The maximum Gasteiger partial charge on any atom is 0.393 e. The molecule has 1 aliphatic rings. The van der Waals surface area contributed by atoms with Crippen molar-refractivity contribution < 1.29 is 18.0 Å². The topological polar surface area (TPSA) is 29.1 Å². The van der Waals surface area contributed by atoms with Gasteiger partial charge >= 0.3 is 6.18 Å². The summed E-state index contributed by atoms with van der Waals surface area (Å²) in [4.78, 5) is 11.2. The average molecular weight is 229 g/mol. The van der Waals surface area contributed by atoms with Crippen molar-refractivity contribution in [1.29, 1.82) is 0 Å². The standard InChI is InChI=1S/C11H10F3NO/c12-11(13,14)6-8-3-1-2-7-4-5-9(16)15-10(7)8/h1-3H,4-6H2,(H,15,16). The number of anilines is 1. The third kappa shape index (κ3) is 2.35. The van der Waals surface area contributed by atoms with Crippen molar-refractivity contribution in [1.82, 2.24) is 0 Å². The summed E-state index contributed by atoms with van der Waals surface area (Å²) in [7, 11) is 0. The number of nitrogens with one attached hydrogen (secondary N) is 1. The molecule has 0 saturated heterocycles. The highest BCUT2D eigenvalue weighted by atomic mass is 19.4. The van der Waals surface area contributed by atoms with Crippen LogP contribution in [0.1, 0.15) is 17.5 Å². The maximum atomic E-state index is 12.3. The molecule has 0 unspecified atom stereocenters. The molecule has 16 heavy (non-hydrogen) atoms. The van der Waals surface area contributed by atoms with E-state index in [9.17, 15) is 18.0 Å². The van der Waals surface area contributed by atoms with E-state index < -0.39 is 12.6 Å². The molecule has 2 nitrogen and oxygen atoms in total. The lowest BCUT2D eigenvalue weighted by atomic mass is 9.97. The van der Waals surface area contributed by atoms with E-state index >= 15 is 0 Å². The van der Waals surface area contributed by atoms with Crippen molar-refractivity contribution in [2.45, 2.75) is 25.4 Å². The van der Waals surface area contributed by atoms with Crippen molar-refractivity contribution in [3.8, 4) is 0 Å². The highest BCUT2D eigenvalue weighted by molar-refractivity contribution is 5.94. The van der Waals surface area contributed by atoms with E-state index in [1.165, 1.54) is 6.07 Å². The summed E-state index contributed by atoms with van der Waals surface area (Å²) in [5, 5.41) is 2.51. The SMILES string of the molecule is O=C1CCc2cccc(CC(F)(F)F)c2N1. The smallest absolute Gasteiger partial charge is 0.326 e. The van der Waals surface area contributed by atoms with Crippen LogP contribution in [0.2, 0.25) is 0 Å². The number of halogens is 3. The van der Waals surface area contributed by atoms with Gasteiger partial charge in [0.15, 0.2) is 0 Å². The van der Waals surface area contributed by atoms with Gasteiger partial charge in [0.05, 0.1) is 6.42 Å². The van der Waals surface area contributed by atoms with Crippen molar-refractivity contribution >= 4 is 11.6 Å². The Kier molecular flexibility index (Phi) is 2.61. The summed E-state index contributed by atoms with van der Waals surface area (Å²) in [6, 6.07) is 4.74. The van der Waals surface area contributed by atoms with E-state index in [0.29, 0.717) is 18.5 Å². The molecular weight excluding hydrogens is 219 g/mol. The van der Waals surface area contributed by atoms with Gasteiger partial charge < -0.3 is 5.32 Å². The van der Waals surface area contributed by atoms with Crippen molar-refractivity contribution in [3.63, 3.8) is 0 Å². The predicted molar refractivity (Wildman–Crippen MR) is 53.2 cm³/mol. The molecule has 0 bridgehead atoms. The highest BCUT2D eigenvalue weighted by Gasteiger charge is 2.30. The number of hydrogen-bond acceptors (Lipinski definition) is 1. The predicted octanol–water partition coefficient (Wildman–Crippen LogP) is 2.68. The quantitative estimate of drug-likeness (QED) is 0.788. The molecule has 0 saturated carbocycles. The molecule has 1 aromatic rings. The molecule has 0 aromatic heterocycles. The van der Waals surface area contributed by atoms with E-state index in [4.69, 9.17) is 0 Å². The zero-order chi connectivity index (χ0) is 11.8. The van der Waals surface area contributed by atoms with Gasteiger partial charge in [-0.2, -0.15) is 13.2 Å². The fourth-order valence-corrected chi connectivity index (χ4v) is 1.84. The molecule has 0 spiro atoms. The normalized spacial score (nSPS) is 15.6. The second-order valence-corrected chi connectivity index (χ2v) is 3.79. The van der Waals surface area contributed by atoms with E-state index in [-0.39, 0.29) is 11.5 Å². The zero-order valence-electron chi connectivity index (χ0n) is 8.40. The van der Waals surface area contributed by atoms with Crippen LogP contribution in [-0.4, -0.2) is 12.1 Å². The summed E-state index contributed by atoms with van der Waals surface area (Å²) in [5.41, 5.74) is 1.26. The Morgan fingerprint density at radius 3 is 2.69 bits per heavy atom. The van der Waals surface area contributed by atoms with Gasteiger partial charge in [-0.1, -0.05) is 18.2 Å². The summed E-state index contributed by atoms with van der Waals surface area (Å²) < 4.78 is 36.9. The van der Waals surface area contributed by atoms with Gasteiger partial charge in [-0.05, 0) is 17.5 Å². The first-order valence-electron chi connectivity index (χ1n) is 4.93. The lowest BCUT2D eigenvalue weighted by Gasteiger charge is -2.20. The number of rotatable bonds is 1. The number of alkyl halides is 3. The van der Waals surface area contributed by atoms with E-state index in [1.807, 2.05) is 0 Å². The first-order chi connectivity index (χ1) is 7.46. The van der Waals surface area contributed by atoms with Gasteiger partial charge in [0, 0.05) is 12.1 Å². The van der Waals surface area contributed by atoms with Crippen molar-refractivity contribution in [2.75, 3.05) is 5.32 Å². The molecule has 1 amide bonds. The van der Waals surface area contributed by atoms with Crippen LogP contribution in [-0.2, 0) is 17.6 Å². The molecule has 0 atom stereocenters. The first kappa shape index (κ1) is 11.0. The number of fused-ring (bicyclic) bond motifs is 1. The first-order valence-corrected chi connectivity index (χ1v) is 4.93. The molecule has 1 aliphatic heterocycles. The van der Waals surface area contributed by atoms with Crippen LogP contribution >= 0.6 is 0 Å². The highest BCUT2D eigenvalue weighted by Crippen LogP contribution is 2.31. The monoisotopic (exact) mass is 229 g/mol. The zero-order valence-corrected chi connectivity index (χ0v) is 8.40. The Morgan fingerprint density at radius 2 is 2.00 bits per heavy atom. The fourth-order valence-electron chi connectivity index (χ4n) is 1.84. The van der Waals surface area contributed by atoms with Crippen LogP contribution < -0.4 is 5.32 Å². The third-order valence-corrected chi connectivity index (χ3v) is 2.51. The van der Waals surface area contributed by atoms with Gasteiger partial charge in [0.1, 0.15) is 0 Å². The van der Waals surface area contributed by atoms with Gasteiger partial charge in [-0.15, -0.1) is 0 Å². The van der Waals surface area contributed by atoms with Gasteiger partial charge in [-0.3, -0.25) is 4.79 Å². The van der Waals surface area contributed by atoms with Crippen molar-refractivity contribution in [2.24, 2.45) is 0 Å². The molecule has 2 rings (SSSR count). The maximum absolute atomic E-state index is 12.3. The van der Waals surface area contributed by atoms with Crippen LogP contribution in [0.3, 0.4) is 0 Å². The number of benzene rings is 1. The Hall–Kier alpha value is -1.52. The molecular formula is C11H10F3NO. The molecule has 0 aliphatic carbocycles. The fraction of sp³-hybridized carbons (Fsp3) is 0.364. The number of carbonyl (C=O) groups excluding carboxylic acids is 1. The minimum Gasteiger partial charge on any atom is -0.326 e. The molecule has 0 fully saturated rings. The second-order valence-electron chi connectivity index (χ2n) is 3.79. The third-order valence-electron chi connectivity index (χ3n) is 2.51. The minimum atomic E-state index is -4.25. The summed E-state index contributed by atoms with van der Waals surface area (Å²) in [5.74, 6) is -0.220. The molecule has 1 aromatic carbocycles. The van der Waals surface area contributed by atoms with Crippen LogP contribution in [0.25, 0.3) is 0 Å². The van der Waals surface area contributed by atoms with Crippen LogP contribution in [0.4, 0.5) is 18.9 Å². The lowest BCUT2D eigenvalue weighted by molar-refractivity contribution is -0.127. The van der Waals surface area contributed by atoms with E-state index in [1.54, 1.807) is 12.1 Å². The number of amides is 1. The number of hydrogen-bond donors (Lipinski definition) is 1. The Labute approximate surface area is 90.5 Å². The average Bonchev–Trinajstić information content (AvgIpc) is 2.17. The second kappa shape index (κ2) is 3.81. The Morgan fingerprint density at radius 1 is 1.25 bits per heavy atom. The number of carbonyl (C=O) groups is 1. The van der Waals surface area contributed by atoms with Crippen molar-refractivity contribution in [3.05, 3.63) is 29.3 Å². The largest absolute Gasteiger partial charge is 0.393 e. The minimum absolute atomic E-state index is 0.137. The van der Waals surface area contributed by atoms with E-state index in [2.05, 4.69) is 5.32 Å². The van der Waals surface area contributed by atoms with E-state index in [0.717, 1.165) is 5.56 Å². The molecule has 5 heteroatoms. The van der Waals surface area contributed by atoms with Crippen LogP contribution in [0, 0.1) is 0 Å². The molecule has 86 valence electrons.